The van der Waals surface area contributed by atoms with Gasteiger partial charge in [0, 0.05) is 30.7 Å². The molecule has 1 N–H and O–H groups in total. The minimum Gasteiger partial charge on any atom is -0.318 e. The molecule has 0 aliphatic carbocycles. The number of likely N-dealkylation sites (N-methyl/N-ethyl adjacent to an activating group) is 1. The second-order valence-electron chi connectivity index (χ2n) is 5.37. The first-order valence-corrected chi connectivity index (χ1v) is 7.35. The third-order valence-electron chi connectivity index (χ3n) is 4.04. The van der Waals surface area contributed by atoms with Crippen molar-refractivity contribution in [2.45, 2.75) is 25.4 Å². The fourth-order valence-corrected chi connectivity index (χ4v) is 3.03. The van der Waals surface area contributed by atoms with Crippen LogP contribution in [0, 0.1) is 0 Å². The summed E-state index contributed by atoms with van der Waals surface area (Å²) in [4.78, 5) is 7.09. The minimum absolute atomic E-state index is 0. The van der Waals surface area contributed by atoms with Gasteiger partial charge in [0.2, 0.25) is 0 Å². The van der Waals surface area contributed by atoms with Gasteiger partial charge in [-0.25, -0.2) is 4.98 Å². The summed E-state index contributed by atoms with van der Waals surface area (Å²) in [6.07, 6.45) is 6.52. The highest BCUT2D eigenvalue weighted by molar-refractivity contribution is 5.85. The number of halogens is 1. The fourth-order valence-electron chi connectivity index (χ4n) is 3.03. The van der Waals surface area contributed by atoms with Crippen molar-refractivity contribution in [1.29, 1.82) is 0 Å². The first kappa shape index (κ1) is 16.0. The van der Waals surface area contributed by atoms with Crippen LogP contribution < -0.4 is 5.32 Å². The predicted molar refractivity (Wildman–Crippen MR) is 88.2 cm³/mol. The number of hydrogen-bond donors (Lipinski definition) is 1. The number of para-hydroxylation sites is 1. The summed E-state index contributed by atoms with van der Waals surface area (Å²) in [5, 5.41) is 3.30. The van der Waals surface area contributed by atoms with E-state index in [2.05, 4.69) is 44.0 Å². The maximum atomic E-state index is 4.55. The molecule has 1 aliphatic rings. The average Bonchev–Trinajstić information content (AvgIpc) is 3.11. The highest BCUT2D eigenvalue weighted by atomic mass is 35.5. The Morgan fingerprint density at radius 3 is 2.86 bits per heavy atom. The summed E-state index contributed by atoms with van der Waals surface area (Å²) in [7, 11) is 2.03. The van der Waals surface area contributed by atoms with Gasteiger partial charge in [-0.2, -0.15) is 0 Å². The predicted octanol–water partition coefficient (Wildman–Crippen LogP) is 2.48. The van der Waals surface area contributed by atoms with E-state index in [1.807, 2.05) is 25.5 Å². The van der Waals surface area contributed by atoms with Crippen LogP contribution in [0.1, 0.15) is 18.7 Å². The number of rotatable bonds is 5. The van der Waals surface area contributed by atoms with Crippen LogP contribution in [0.2, 0.25) is 0 Å². The van der Waals surface area contributed by atoms with Gasteiger partial charge in [0.05, 0.1) is 6.54 Å². The smallest absolute Gasteiger partial charge is 0.127 e. The fraction of sp³-hybridized carbons (Fsp3) is 0.438. The van der Waals surface area contributed by atoms with Gasteiger partial charge >= 0.3 is 0 Å². The molecule has 21 heavy (non-hydrogen) atoms. The molecule has 1 aromatic heterocycles. The number of nitrogens with zero attached hydrogens (tertiary/aromatic N) is 3. The van der Waals surface area contributed by atoms with Crippen molar-refractivity contribution in [3.05, 3.63) is 48.5 Å². The zero-order valence-corrected chi connectivity index (χ0v) is 13.2. The van der Waals surface area contributed by atoms with E-state index in [0.29, 0.717) is 6.04 Å². The molecule has 1 aliphatic heterocycles. The quantitative estimate of drug-likeness (QED) is 0.921. The van der Waals surface area contributed by atoms with E-state index in [1.165, 1.54) is 25.1 Å². The van der Waals surface area contributed by atoms with Crippen LogP contribution >= 0.6 is 12.4 Å². The van der Waals surface area contributed by atoms with Gasteiger partial charge in [-0.15, -0.1) is 12.4 Å². The average molecular weight is 307 g/mol. The molecule has 2 heterocycles. The Labute approximate surface area is 132 Å². The number of nitrogens with one attached hydrogen (secondary N) is 1. The van der Waals surface area contributed by atoms with Crippen molar-refractivity contribution >= 4 is 12.4 Å². The molecule has 1 atom stereocenters. The highest BCUT2D eigenvalue weighted by Gasteiger charge is 2.24. The van der Waals surface area contributed by atoms with Gasteiger partial charge in [0.25, 0.3) is 0 Å². The van der Waals surface area contributed by atoms with Gasteiger partial charge < -0.3 is 9.88 Å². The molecule has 1 saturated heterocycles. The van der Waals surface area contributed by atoms with Crippen molar-refractivity contribution < 1.29 is 0 Å². The molecule has 114 valence electrons. The normalized spacial score (nSPS) is 18.6. The molecule has 0 spiro atoms. The molecule has 1 fully saturated rings. The van der Waals surface area contributed by atoms with E-state index in [-0.39, 0.29) is 12.4 Å². The standard InChI is InChI=1S/C16H22N4.ClH/c1-17-12-15-8-5-10-19(15)13-16-18-9-11-20(16)14-6-3-2-4-7-14;/h2-4,6-7,9,11,15,17H,5,8,10,12-13H2,1H3;1H. The Bertz CT molecular complexity index is 540. The van der Waals surface area contributed by atoms with Crippen LogP contribution in [0.3, 0.4) is 0 Å². The van der Waals surface area contributed by atoms with E-state index in [0.717, 1.165) is 18.9 Å². The van der Waals surface area contributed by atoms with Gasteiger partial charge in [-0.05, 0) is 38.6 Å². The van der Waals surface area contributed by atoms with Crippen LogP contribution in [0.5, 0.6) is 0 Å². The highest BCUT2D eigenvalue weighted by Crippen LogP contribution is 2.20. The Morgan fingerprint density at radius 1 is 1.29 bits per heavy atom. The summed E-state index contributed by atoms with van der Waals surface area (Å²) in [6, 6.07) is 11.1. The molecule has 2 aromatic rings. The van der Waals surface area contributed by atoms with Crippen molar-refractivity contribution in [3.63, 3.8) is 0 Å². The van der Waals surface area contributed by atoms with Crippen LogP contribution in [0.4, 0.5) is 0 Å². The Morgan fingerprint density at radius 2 is 2.10 bits per heavy atom. The summed E-state index contributed by atoms with van der Waals surface area (Å²) in [5.41, 5.74) is 1.18. The molecule has 5 heteroatoms. The lowest BCUT2D eigenvalue weighted by Gasteiger charge is -2.24. The zero-order valence-electron chi connectivity index (χ0n) is 12.4. The van der Waals surface area contributed by atoms with Gasteiger partial charge in [-0.1, -0.05) is 18.2 Å². The molecule has 0 saturated carbocycles. The maximum Gasteiger partial charge on any atom is 0.127 e. The largest absolute Gasteiger partial charge is 0.318 e. The minimum atomic E-state index is 0. The monoisotopic (exact) mass is 306 g/mol. The number of aromatic nitrogens is 2. The Balaban J connectivity index is 0.00000161. The topological polar surface area (TPSA) is 33.1 Å². The van der Waals surface area contributed by atoms with Gasteiger partial charge in [-0.3, -0.25) is 4.90 Å². The molecule has 0 amide bonds. The zero-order chi connectivity index (χ0) is 13.8. The summed E-state index contributed by atoms with van der Waals surface area (Å²) >= 11 is 0. The first-order valence-electron chi connectivity index (χ1n) is 7.35. The lowest BCUT2D eigenvalue weighted by molar-refractivity contribution is 0.235. The molecule has 4 nitrogen and oxygen atoms in total. The van der Waals surface area contributed by atoms with Gasteiger partial charge in [0.1, 0.15) is 5.82 Å². The SMILES string of the molecule is CNCC1CCCN1Cc1nccn1-c1ccccc1.Cl. The van der Waals surface area contributed by atoms with Gasteiger partial charge in [0.15, 0.2) is 0 Å². The maximum absolute atomic E-state index is 4.55. The lowest BCUT2D eigenvalue weighted by Crippen LogP contribution is -2.36. The number of benzene rings is 1. The molecular weight excluding hydrogens is 284 g/mol. The third-order valence-corrected chi connectivity index (χ3v) is 4.04. The van der Waals surface area contributed by atoms with Crippen LogP contribution in [0.15, 0.2) is 42.7 Å². The number of hydrogen-bond acceptors (Lipinski definition) is 3. The third kappa shape index (κ3) is 3.64. The summed E-state index contributed by atoms with van der Waals surface area (Å²) in [5.74, 6) is 1.12. The molecule has 1 unspecified atom stereocenters. The van der Waals surface area contributed by atoms with Crippen molar-refractivity contribution in [2.75, 3.05) is 20.1 Å². The van der Waals surface area contributed by atoms with Crippen molar-refractivity contribution in [2.24, 2.45) is 0 Å². The van der Waals surface area contributed by atoms with E-state index in [1.54, 1.807) is 0 Å². The van der Waals surface area contributed by atoms with Crippen LogP contribution in [0.25, 0.3) is 5.69 Å². The number of imidazole rings is 1. The second kappa shape index (κ2) is 7.59. The van der Waals surface area contributed by atoms with Crippen molar-refractivity contribution in [3.8, 4) is 5.69 Å². The summed E-state index contributed by atoms with van der Waals surface area (Å²) < 4.78 is 2.19. The Kier molecular flexibility index (Phi) is 5.79. The molecule has 0 radical (unpaired) electrons. The molecule has 3 rings (SSSR count). The number of likely N-dealkylation sites (tertiary alicyclic amines) is 1. The van der Waals surface area contributed by atoms with E-state index < -0.39 is 0 Å². The first-order chi connectivity index (χ1) is 9.88. The van der Waals surface area contributed by atoms with Crippen molar-refractivity contribution in [1.82, 2.24) is 19.8 Å². The van der Waals surface area contributed by atoms with E-state index >= 15 is 0 Å². The molecule has 0 bridgehead atoms. The molecular formula is C16H23ClN4. The second-order valence-corrected chi connectivity index (χ2v) is 5.37. The lowest BCUT2D eigenvalue weighted by atomic mass is 10.2. The van der Waals surface area contributed by atoms with E-state index in [9.17, 15) is 0 Å². The Hall–Kier alpha value is -1.36. The van der Waals surface area contributed by atoms with E-state index in [4.69, 9.17) is 0 Å². The van der Waals surface area contributed by atoms with Crippen LogP contribution in [-0.4, -0.2) is 40.6 Å². The summed E-state index contributed by atoms with van der Waals surface area (Å²) in [6.45, 7) is 3.16. The van der Waals surface area contributed by atoms with Crippen LogP contribution in [-0.2, 0) is 6.54 Å². The molecule has 1 aromatic carbocycles.